The van der Waals surface area contributed by atoms with E-state index in [-0.39, 0.29) is 17.9 Å². The molecule has 0 unspecified atom stereocenters. The van der Waals surface area contributed by atoms with Crippen molar-refractivity contribution in [2.75, 3.05) is 14.2 Å². The minimum atomic E-state index is -1.09. The van der Waals surface area contributed by atoms with Crippen LogP contribution in [0.25, 0.3) is 0 Å². The van der Waals surface area contributed by atoms with Gasteiger partial charge in [-0.3, -0.25) is 4.84 Å². The van der Waals surface area contributed by atoms with Crippen LogP contribution in [0.2, 0.25) is 0 Å². The number of benzene rings is 1. The fourth-order valence-electron chi connectivity index (χ4n) is 1.33. The summed E-state index contributed by atoms with van der Waals surface area (Å²) >= 11 is 0. The molecule has 0 bridgehead atoms. The summed E-state index contributed by atoms with van der Waals surface area (Å²) in [6.45, 7) is 0.0629. The number of ether oxygens (including phenoxy) is 2. The molecule has 0 aliphatic rings. The van der Waals surface area contributed by atoms with E-state index in [2.05, 4.69) is 4.84 Å². The molecule has 0 aliphatic carbocycles. The van der Waals surface area contributed by atoms with Crippen LogP contribution in [-0.2, 0) is 11.4 Å². The van der Waals surface area contributed by atoms with E-state index >= 15 is 0 Å². The van der Waals surface area contributed by atoms with E-state index in [0.717, 1.165) is 0 Å². The van der Waals surface area contributed by atoms with Crippen LogP contribution < -0.4 is 15.4 Å². The third-order valence-electron chi connectivity index (χ3n) is 2.07. The number of carboxylic acids is 1. The summed E-state index contributed by atoms with van der Waals surface area (Å²) in [6.07, 6.45) is 0. The van der Waals surface area contributed by atoms with E-state index in [1.54, 1.807) is 0 Å². The summed E-state index contributed by atoms with van der Waals surface area (Å²) in [7, 11) is 2.86. The van der Waals surface area contributed by atoms with Gasteiger partial charge in [-0.25, -0.2) is 10.7 Å². The van der Waals surface area contributed by atoms with Gasteiger partial charge in [-0.2, -0.15) is 0 Å². The summed E-state index contributed by atoms with van der Waals surface area (Å²) in [4.78, 5) is 15.4. The van der Waals surface area contributed by atoms with E-state index in [4.69, 9.17) is 20.5 Å². The van der Waals surface area contributed by atoms with E-state index in [1.807, 2.05) is 0 Å². The summed E-state index contributed by atoms with van der Waals surface area (Å²) in [5.41, 5.74) is 0.582. The van der Waals surface area contributed by atoms with Gasteiger partial charge in [0.1, 0.15) is 17.1 Å². The van der Waals surface area contributed by atoms with Crippen molar-refractivity contribution >= 4 is 5.97 Å². The summed E-state index contributed by atoms with van der Waals surface area (Å²) < 4.78 is 10.0. The van der Waals surface area contributed by atoms with Crippen LogP contribution in [0, 0.1) is 0 Å². The lowest BCUT2D eigenvalue weighted by atomic mass is 10.1. The van der Waals surface area contributed by atoms with Gasteiger partial charge in [0.2, 0.25) is 0 Å². The van der Waals surface area contributed by atoms with Gasteiger partial charge in [0, 0.05) is 11.6 Å². The number of hydrogen-bond donors (Lipinski definition) is 2. The molecule has 0 fully saturated rings. The Morgan fingerprint density at radius 2 is 1.94 bits per heavy atom. The Morgan fingerprint density at radius 1 is 1.31 bits per heavy atom. The number of carbonyl (C=O) groups is 1. The average Bonchev–Trinajstić information content (AvgIpc) is 2.28. The van der Waals surface area contributed by atoms with Gasteiger partial charge in [-0.15, -0.1) is 0 Å². The van der Waals surface area contributed by atoms with Crippen LogP contribution in [0.5, 0.6) is 11.5 Å². The zero-order valence-corrected chi connectivity index (χ0v) is 9.02. The van der Waals surface area contributed by atoms with Crippen molar-refractivity contribution in [1.82, 2.24) is 0 Å². The number of carboxylic acid groups (broad SMARTS) is 1. The van der Waals surface area contributed by atoms with Crippen molar-refractivity contribution < 1.29 is 24.2 Å². The molecular formula is C10H13NO5. The van der Waals surface area contributed by atoms with E-state index < -0.39 is 5.97 Å². The Labute approximate surface area is 92.5 Å². The highest BCUT2D eigenvalue weighted by Gasteiger charge is 2.16. The van der Waals surface area contributed by atoms with E-state index in [9.17, 15) is 4.79 Å². The predicted molar refractivity (Wildman–Crippen MR) is 55.5 cm³/mol. The van der Waals surface area contributed by atoms with Gasteiger partial charge in [-0.05, 0) is 6.07 Å². The van der Waals surface area contributed by atoms with Gasteiger partial charge in [0.05, 0.1) is 20.8 Å². The second kappa shape index (κ2) is 5.34. The first-order chi connectivity index (χ1) is 7.63. The Bertz CT molecular complexity index is 391. The summed E-state index contributed by atoms with van der Waals surface area (Å²) in [6, 6.07) is 2.89. The van der Waals surface area contributed by atoms with Crippen LogP contribution in [0.4, 0.5) is 0 Å². The Morgan fingerprint density at radius 3 is 2.38 bits per heavy atom. The van der Waals surface area contributed by atoms with Crippen molar-refractivity contribution in [2.45, 2.75) is 6.61 Å². The quantitative estimate of drug-likeness (QED) is 0.723. The Kier molecular flexibility index (Phi) is 4.10. The molecule has 0 amide bonds. The fraction of sp³-hybridized carbons (Fsp3) is 0.300. The maximum Gasteiger partial charge on any atom is 0.339 e. The van der Waals surface area contributed by atoms with Crippen molar-refractivity contribution in [3.63, 3.8) is 0 Å². The average molecular weight is 227 g/mol. The van der Waals surface area contributed by atoms with Crippen molar-refractivity contribution in [1.29, 1.82) is 0 Å². The van der Waals surface area contributed by atoms with Gasteiger partial charge in [0.15, 0.2) is 0 Å². The zero-order chi connectivity index (χ0) is 12.1. The topological polar surface area (TPSA) is 91.0 Å². The van der Waals surface area contributed by atoms with Crippen LogP contribution in [-0.4, -0.2) is 25.3 Å². The molecule has 88 valence electrons. The second-order valence-electron chi connectivity index (χ2n) is 2.98. The summed E-state index contributed by atoms with van der Waals surface area (Å²) in [5.74, 6) is 4.55. The second-order valence-corrected chi connectivity index (χ2v) is 2.98. The Balaban J connectivity index is 3.28. The number of aromatic carboxylic acids is 1. The van der Waals surface area contributed by atoms with Gasteiger partial charge in [0.25, 0.3) is 0 Å². The zero-order valence-electron chi connectivity index (χ0n) is 9.02. The molecule has 16 heavy (non-hydrogen) atoms. The van der Waals surface area contributed by atoms with Crippen LogP contribution >= 0.6 is 0 Å². The van der Waals surface area contributed by atoms with Gasteiger partial charge in [-0.1, -0.05) is 0 Å². The first-order valence-corrected chi connectivity index (χ1v) is 4.44. The number of methoxy groups -OCH3 is 2. The standard InChI is InChI=1S/C10H13NO5/c1-14-8-4-9(15-2)7(10(12)13)3-6(8)5-16-11/h3-4H,5,11H2,1-2H3,(H,12,13). The summed E-state index contributed by atoms with van der Waals surface area (Å²) in [5, 5.41) is 8.96. The molecule has 1 aromatic carbocycles. The third kappa shape index (κ3) is 2.41. The highest BCUT2D eigenvalue weighted by atomic mass is 16.6. The van der Waals surface area contributed by atoms with Crippen LogP contribution in [0.15, 0.2) is 12.1 Å². The van der Waals surface area contributed by atoms with Crippen molar-refractivity contribution in [2.24, 2.45) is 5.90 Å². The number of hydrogen-bond acceptors (Lipinski definition) is 5. The normalized spacial score (nSPS) is 9.94. The molecule has 0 aromatic heterocycles. The molecule has 0 saturated carbocycles. The fourth-order valence-corrected chi connectivity index (χ4v) is 1.33. The first-order valence-electron chi connectivity index (χ1n) is 4.44. The Hall–Kier alpha value is -1.79. The minimum Gasteiger partial charge on any atom is -0.496 e. The van der Waals surface area contributed by atoms with Crippen LogP contribution in [0.1, 0.15) is 15.9 Å². The molecule has 1 aromatic rings. The predicted octanol–water partition coefficient (Wildman–Crippen LogP) is 0.792. The molecule has 0 saturated heterocycles. The van der Waals surface area contributed by atoms with Gasteiger partial charge >= 0.3 is 5.97 Å². The molecule has 0 radical (unpaired) electrons. The molecule has 6 nitrogen and oxygen atoms in total. The van der Waals surface area contributed by atoms with Crippen LogP contribution in [0.3, 0.4) is 0 Å². The highest BCUT2D eigenvalue weighted by Crippen LogP contribution is 2.29. The van der Waals surface area contributed by atoms with E-state index in [0.29, 0.717) is 11.3 Å². The highest BCUT2D eigenvalue weighted by molar-refractivity contribution is 5.91. The largest absolute Gasteiger partial charge is 0.496 e. The number of rotatable bonds is 5. The first kappa shape index (κ1) is 12.3. The SMILES string of the molecule is COc1cc(OC)c(C(=O)O)cc1CON. The lowest BCUT2D eigenvalue weighted by molar-refractivity contribution is 0.0692. The maximum absolute atomic E-state index is 10.9. The molecule has 6 heteroatoms. The number of nitrogens with two attached hydrogens (primary N) is 1. The maximum atomic E-state index is 10.9. The minimum absolute atomic E-state index is 0.0374. The molecule has 0 aliphatic heterocycles. The molecule has 1 rings (SSSR count). The van der Waals surface area contributed by atoms with E-state index in [1.165, 1.54) is 26.4 Å². The van der Waals surface area contributed by atoms with Crippen molar-refractivity contribution in [3.8, 4) is 11.5 Å². The van der Waals surface area contributed by atoms with Crippen molar-refractivity contribution in [3.05, 3.63) is 23.3 Å². The monoisotopic (exact) mass is 227 g/mol. The lowest BCUT2D eigenvalue weighted by Gasteiger charge is -2.12. The molecule has 0 spiro atoms. The lowest BCUT2D eigenvalue weighted by Crippen LogP contribution is -2.06. The van der Waals surface area contributed by atoms with Gasteiger partial charge < -0.3 is 14.6 Å². The molecule has 0 heterocycles. The smallest absolute Gasteiger partial charge is 0.339 e. The molecule has 3 N–H and O–H groups in total. The third-order valence-corrected chi connectivity index (χ3v) is 2.07. The molecule has 0 atom stereocenters. The molecular weight excluding hydrogens is 214 g/mol.